The molecular weight excluding hydrogens is 342 g/mol. The normalized spacial score (nSPS) is 10.8. The van der Waals surface area contributed by atoms with Gasteiger partial charge in [-0.15, -0.1) is 0 Å². The summed E-state index contributed by atoms with van der Waals surface area (Å²) in [6.07, 6.45) is 0. The molecule has 0 aliphatic heterocycles. The molecule has 0 aliphatic carbocycles. The average Bonchev–Trinajstić information content (AvgIpc) is 3.19. The number of rotatable bonds is 6. The van der Waals surface area contributed by atoms with E-state index in [0.717, 1.165) is 0 Å². The lowest BCUT2D eigenvalue weighted by molar-refractivity contribution is -0.386. The van der Waals surface area contributed by atoms with Crippen molar-refractivity contribution in [3.63, 3.8) is 0 Å². The number of nitrogens with zero attached hydrogens (tertiary/aromatic N) is 5. The molecule has 0 N–H and O–H groups in total. The number of hydrogen-bond donors (Lipinski definition) is 0. The number of ether oxygens (including phenoxy) is 2. The topological polar surface area (TPSA) is 118 Å². The van der Waals surface area contributed by atoms with Gasteiger partial charge >= 0.3 is 5.69 Å². The van der Waals surface area contributed by atoms with Crippen molar-refractivity contribution in [2.75, 3.05) is 14.2 Å². The van der Waals surface area contributed by atoms with Gasteiger partial charge in [-0.2, -0.15) is 10.1 Å². The molecule has 1 aromatic carbocycles. The van der Waals surface area contributed by atoms with Crippen molar-refractivity contribution in [3.05, 3.63) is 45.6 Å². The maximum atomic E-state index is 11.1. The van der Waals surface area contributed by atoms with E-state index in [1.165, 1.54) is 4.68 Å². The minimum atomic E-state index is -0.447. The van der Waals surface area contributed by atoms with E-state index in [1.807, 2.05) is 0 Å². The van der Waals surface area contributed by atoms with Gasteiger partial charge in [-0.1, -0.05) is 5.16 Å². The average molecular weight is 359 g/mol. The number of hydrogen-bond acceptors (Lipinski definition) is 8. The van der Waals surface area contributed by atoms with Gasteiger partial charge < -0.3 is 14.0 Å². The first-order valence-corrected chi connectivity index (χ1v) is 7.68. The summed E-state index contributed by atoms with van der Waals surface area (Å²) in [5.74, 6) is 1.80. The van der Waals surface area contributed by atoms with Crippen LogP contribution in [0.2, 0.25) is 0 Å². The third-order valence-electron chi connectivity index (χ3n) is 3.92. The summed E-state index contributed by atoms with van der Waals surface area (Å²) in [6.45, 7) is 3.36. The highest BCUT2D eigenvalue weighted by Gasteiger charge is 2.23. The number of methoxy groups -OCH3 is 2. The zero-order valence-corrected chi connectivity index (χ0v) is 14.7. The van der Waals surface area contributed by atoms with Crippen LogP contribution in [0.5, 0.6) is 11.5 Å². The molecule has 0 fully saturated rings. The summed E-state index contributed by atoms with van der Waals surface area (Å²) in [7, 11) is 3.09. The van der Waals surface area contributed by atoms with Gasteiger partial charge in [0.15, 0.2) is 11.5 Å². The van der Waals surface area contributed by atoms with Crippen LogP contribution in [-0.4, -0.2) is 39.1 Å². The Morgan fingerprint density at radius 3 is 2.58 bits per heavy atom. The lowest BCUT2D eigenvalue weighted by atomic mass is 10.2. The fourth-order valence-corrected chi connectivity index (χ4v) is 2.65. The molecule has 10 nitrogen and oxygen atoms in total. The number of nitro groups is 1. The molecule has 3 aromatic rings. The molecule has 3 rings (SSSR count). The summed E-state index contributed by atoms with van der Waals surface area (Å²) in [6, 6.07) is 5.26. The summed E-state index contributed by atoms with van der Waals surface area (Å²) in [4.78, 5) is 15.0. The maximum absolute atomic E-state index is 11.1. The zero-order valence-electron chi connectivity index (χ0n) is 14.7. The van der Waals surface area contributed by atoms with Crippen molar-refractivity contribution in [1.29, 1.82) is 0 Å². The monoisotopic (exact) mass is 359 g/mol. The third kappa shape index (κ3) is 3.08. The van der Waals surface area contributed by atoms with Crippen LogP contribution in [0.25, 0.3) is 11.4 Å². The Hall–Kier alpha value is -3.43. The minimum absolute atomic E-state index is 0.00960. The molecule has 0 bridgehead atoms. The van der Waals surface area contributed by atoms with Gasteiger partial charge in [-0.25, -0.2) is 0 Å². The summed E-state index contributed by atoms with van der Waals surface area (Å²) < 4.78 is 17.2. The van der Waals surface area contributed by atoms with Gasteiger partial charge in [0, 0.05) is 5.56 Å². The molecular formula is C16H17N5O5. The number of aromatic nitrogens is 4. The molecule has 0 amide bonds. The maximum Gasteiger partial charge on any atom is 0.312 e. The molecule has 136 valence electrons. The first-order valence-electron chi connectivity index (χ1n) is 7.68. The Morgan fingerprint density at radius 2 is 1.96 bits per heavy atom. The van der Waals surface area contributed by atoms with E-state index >= 15 is 0 Å². The van der Waals surface area contributed by atoms with Gasteiger partial charge in [0.1, 0.15) is 17.9 Å². The first-order chi connectivity index (χ1) is 12.4. The van der Waals surface area contributed by atoms with Gasteiger partial charge in [0.05, 0.1) is 19.1 Å². The van der Waals surface area contributed by atoms with Crippen molar-refractivity contribution in [2.24, 2.45) is 0 Å². The van der Waals surface area contributed by atoms with E-state index in [4.69, 9.17) is 14.0 Å². The second-order valence-electron chi connectivity index (χ2n) is 5.52. The third-order valence-corrected chi connectivity index (χ3v) is 3.92. The molecule has 0 aliphatic rings. The van der Waals surface area contributed by atoms with Gasteiger partial charge in [-0.3, -0.25) is 14.8 Å². The van der Waals surface area contributed by atoms with Crippen LogP contribution < -0.4 is 9.47 Å². The molecule has 26 heavy (non-hydrogen) atoms. The molecule has 10 heteroatoms. The molecule has 0 atom stereocenters. The van der Waals surface area contributed by atoms with E-state index in [1.54, 1.807) is 46.3 Å². The first kappa shape index (κ1) is 17.4. The largest absolute Gasteiger partial charge is 0.493 e. The fraction of sp³-hybridized carbons (Fsp3) is 0.312. The summed E-state index contributed by atoms with van der Waals surface area (Å²) >= 11 is 0. The van der Waals surface area contributed by atoms with E-state index in [2.05, 4.69) is 15.2 Å². The van der Waals surface area contributed by atoms with Gasteiger partial charge in [0.25, 0.3) is 0 Å². The Balaban J connectivity index is 1.87. The van der Waals surface area contributed by atoms with Crippen LogP contribution in [0.3, 0.4) is 0 Å². The minimum Gasteiger partial charge on any atom is -0.493 e. The summed E-state index contributed by atoms with van der Waals surface area (Å²) in [5.41, 5.74) is 1.45. The van der Waals surface area contributed by atoms with Crippen LogP contribution in [0.1, 0.15) is 17.3 Å². The lowest BCUT2D eigenvalue weighted by Crippen LogP contribution is -2.04. The Labute approximate surface area is 148 Å². The van der Waals surface area contributed by atoms with E-state index < -0.39 is 4.92 Å². The van der Waals surface area contributed by atoms with Crippen molar-refractivity contribution < 1.29 is 18.9 Å². The molecule has 0 saturated heterocycles. The second-order valence-corrected chi connectivity index (χ2v) is 5.52. The molecule has 0 saturated carbocycles. The summed E-state index contributed by atoms with van der Waals surface area (Å²) in [5, 5.41) is 19.2. The molecule has 0 spiro atoms. The Bertz CT molecular complexity index is 962. The molecule has 2 aromatic heterocycles. The molecule has 2 heterocycles. The van der Waals surface area contributed by atoms with E-state index in [-0.39, 0.29) is 18.1 Å². The van der Waals surface area contributed by atoms with Crippen LogP contribution in [0, 0.1) is 24.0 Å². The van der Waals surface area contributed by atoms with Gasteiger partial charge in [-0.05, 0) is 32.0 Å². The van der Waals surface area contributed by atoms with Crippen LogP contribution in [0.15, 0.2) is 22.7 Å². The van der Waals surface area contributed by atoms with Crippen molar-refractivity contribution in [3.8, 4) is 22.9 Å². The highest BCUT2D eigenvalue weighted by Crippen LogP contribution is 2.31. The number of aryl methyl sites for hydroxylation is 1. The van der Waals surface area contributed by atoms with Crippen molar-refractivity contribution >= 4 is 5.69 Å². The standard InChI is InChI=1S/C16H17N5O5/c1-9-15(21(22)23)10(2)20(18-9)8-14-17-16(19-26-14)11-5-6-12(24-3)13(7-11)25-4/h5-7H,8H2,1-4H3. The SMILES string of the molecule is COc1ccc(-c2noc(Cn3nc(C)c([N+](=O)[O-])c3C)n2)cc1OC. The second kappa shape index (κ2) is 6.82. The smallest absolute Gasteiger partial charge is 0.312 e. The highest BCUT2D eigenvalue weighted by molar-refractivity contribution is 5.60. The molecule has 0 radical (unpaired) electrons. The van der Waals surface area contributed by atoms with Crippen LogP contribution >= 0.6 is 0 Å². The van der Waals surface area contributed by atoms with E-state index in [0.29, 0.717) is 34.3 Å². The van der Waals surface area contributed by atoms with E-state index in [9.17, 15) is 10.1 Å². The zero-order chi connectivity index (χ0) is 18.8. The van der Waals surface area contributed by atoms with Gasteiger partial charge in [0.2, 0.25) is 11.7 Å². The van der Waals surface area contributed by atoms with Crippen LogP contribution in [-0.2, 0) is 6.54 Å². The number of benzene rings is 1. The Kier molecular flexibility index (Phi) is 4.57. The highest BCUT2D eigenvalue weighted by atomic mass is 16.6. The predicted octanol–water partition coefficient (Wildman–Crippen LogP) is 2.52. The molecule has 0 unspecified atom stereocenters. The van der Waals surface area contributed by atoms with Crippen molar-refractivity contribution in [2.45, 2.75) is 20.4 Å². The lowest BCUT2D eigenvalue weighted by Gasteiger charge is -2.07. The van der Waals surface area contributed by atoms with Crippen LogP contribution in [0.4, 0.5) is 5.69 Å². The Morgan fingerprint density at radius 1 is 1.23 bits per heavy atom. The fourth-order valence-electron chi connectivity index (χ4n) is 2.65. The predicted molar refractivity (Wildman–Crippen MR) is 90.3 cm³/mol. The van der Waals surface area contributed by atoms with Crippen molar-refractivity contribution in [1.82, 2.24) is 19.9 Å². The quantitative estimate of drug-likeness (QED) is 0.486.